The summed E-state index contributed by atoms with van der Waals surface area (Å²) >= 11 is 8.23. The maximum Gasteiger partial charge on any atom is 0.191 e. The summed E-state index contributed by atoms with van der Waals surface area (Å²) in [6, 6.07) is 3.87. The molecule has 1 aliphatic rings. The average molecular weight is 514 g/mol. The first-order valence-electron chi connectivity index (χ1n) is 8.83. The lowest BCUT2D eigenvalue weighted by Crippen LogP contribution is -2.37. The second kappa shape index (κ2) is 13.6. The molecule has 0 radical (unpaired) electrons. The van der Waals surface area contributed by atoms with Gasteiger partial charge in [0.05, 0.1) is 24.8 Å². The van der Waals surface area contributed by atoms with Crippen molar-refractivity contribution in [2.75, 3.05) is 38.3 Å². The van der Waals surface area contributed by atoms with Gasteiger partial charge in [0, 0.05) is 19.5 Å². The summed E-state index contributed by atoms with van der Waals surface area (Å²) in [6.07, 6.45) is 5.36. The Morgan fingerprint density at radius 3 is 2.81 bits per heavy atom. The van der Waals surface area contributed by atoms with Crippen molar-refractivity contribution in [2.45, 2.75) is 32.7 Å². The summed E-state index contributed by atoms with van der Waals surface area (Å²) in [7, 11) is 0. The van der Waals surface area contributed by atoms with Gasteiger partial charge in [-0.05, 0) is 49.5 Å². The molecule has 0 bridgehead atoms. The Morgan fingerprint density at radius 2 is 2.04 bits per heavy atom. The van der Waals surface area contributed by atoms with Crippen LogP contribution < -0.4 is 20.1 Å². The second-order valence-corrected chi connectivity index (χ2v) is 7.17. The van der Waals surface area contributed by atoms with Crippen molar-refractivity contribution in [3.63, 3.8) is 0 Å². The van der Waals surface area contributed by atoms with E-state index in [1.165, 1.54) is 12.2 Å². The maximum atomic E-state index is 6.34. The number of nitrogens with one attached hydrogen (secondary N) is 2. The molecule has 0 saturated carbocycles. The fourth-order valence-electron chi connectivity index (χ4n) is 2.47. The number of fused-ring (bicyclic) bond motifs is 1. The molecular weight excluding hydrogens is 485 g/mol. The van der Waals surface area contributed by atoms with E-state index in [9.17, 15) is 0 Å². The monoisotopic (exact) mass is 513 g/mol. The van der Waals surface area contributed by atoms with Crippen LogP contribution in [0.25, 0.3) is 0 Å². The minimum absolute atomic E-state index is 0. The van der Waals surface area contributed by atoms with Crippen LogP contribution in [0.2, 0.25) is 5.02 Å². The Morgan fingerprint density at radius 1 is 1.23 bits per heavy atom. The van der Waals surface area contributed by atoms with Crippen LogP contribution in [0.1, 0.15) is 31.7 Å². The number of halogens is 2. The zero-order chi connectivity index (χ0) is 17.9. The molecule has 0 fully saturated rings. The highest BCUT2D eigenvalue weighted by molar-refractivity contribution is 14.0. The summed E-state index contributed by atoms with van der Waals surface area (Å²) < 4.78 is 11.4. The van der Waals surface area contributed by atoms with Gasteiger partial charge in [-0.1, -0.05) is 11.6 Å². The van der Waals surface area contributed by atoms with E-state index < -0.39 is 0 Å². The molecule has 2 rings (SSSR count). The van der Waals surface area contributed by atoms with Gasteiger partial charge in [-0.25, -0.2) is 4.99 Å². The fourth-order valence-corrected chi connectivity index (χ4v) is 3.25. The molecule has 0 aliphatic carbocycles. The quantitative estimate of drug-likeness (QED) is 0.235. The molecule has 0 amide bonds. The SMILES string of the molecule is CCNC(=NCc1cc(Cl)c2c(c1)OCCCO2)NCCCCSC.I. The van der Waals surface area contributed by atoms with Crippen molar-refractivity contribution in [2.24, 2.45) is 4.99 Å². The van der Waals surface area contributed by atoms with Crippen LogP contribution in [0, 0.1) is 0 Å². The van der Waals surface area contributed by atoms with Crippen LogP contribution in [-0.2, 0) is 6.54 Å². The largest absolute Gasteiger partial charge is 0.489 e. The molecule has 0 saturated heterocycles. The molecule has 1 aromatic rings. The molecule has 0 aromatic heterocycles. The zero-order valence-electron chi connectivity index (χ0n) is 15.5. The van der Waals surface area contributed by atoms with Crippen molar-refractivity contribution in [3.05, 3.63) is 22.7 Å². The molecule has 1 aliphatic heterocycles. The van der Waals surface area contributed by atoms with E-state index >= 15 is 0 Å². The van der Waals surface area contributed by atoms with Crippen LogP contribution >= 0.6 is 47.3 Å². The molecule has 0 atom stereocenters. The number of aliphatic imine (C=N–C) groups is 1. The smallest absolute Gasteiger partial charge is 0.191 e. The highest BCUT2D eigenvalue weighted by Gasteiger charge is 2.15. The molecule has 2 N–H and O–H groups in total. The molecule has 8 heteroatoms. The zero-order valence-corrected chi connectivity index (χ0v) is 19.4. The van der Waals surface area contributed by atoms with Gasteiger partial charge in [-0.15, -0.1) is 24.0 Å². The number of ether oxygens (including phenoxy) is 2. The molecule has 5 nitrogen and oxygen atoms in total. The van der Waals surface area contributed by atoms with Gasteiger partial charge in [-0.2, -0.15) is 11.8 Å². The van der Waals surface area contributed by atoms with E-state index in [1.54, 1.807) is 0 Å². The minimum atomic E-state index is 0. The number of nitrogens with zero attached hydrogens (tertiary/aromatic N) is 1. The van der Waals surface area contributed by atoms with Crippen molar-refractivity contribution >= 4 is 53.3 Å². The summed E-state index contributed by atoms with van der Waals surface area (Å²) in [5.74, 6) is 3.39. The molecular formula is C18H29ClIN3O2S. The minimum Gasteiger partial charge on any atom is -0.489 e. The van der Waals surface area contributed by atoms with Gasteiger partial charge < -0.3 is 20.1 Å². The van der Waals surface area contributed by atoms with Gasteiger partial charge in [0.1, 0.15) is 0 Å². The van der Waals surface area contributed by atoms with E-state index in [1.807, 2.05) is 23.9 Å². The van der Waals surface area contributed by atoms with Gasteiger partial charge in [0.25, 0.3) is 0 Å². The van der Waals surface area contributed by atoms with E-state index in [0.717, 1.165) is 37.5 Å². The van der Waals surface area contributed by atoms with E-state index in [-0.39, 0.29) is 24.0 Å². The Hall–Kier alpha value is -0.540. The first-order valence-corrected chi connectivity index (χ1v) is 10.6. The number of hydrogen-bond donors (Lipinski definition) is 2. The molecule has 1 heterocycles. The van der Waals surface area contributed by atoms with E-state index in [0.29, 0.717) is 36.3 Å². The summed E-state index contributed by atoms with van der Waals surface area (Å²) in [5, 5.41) is 7.24. The average Bonchev–Trinajstić information content (AvgIpc) is 2.85. The van der Waals surface area contributed by atoms with Gasteiger partial charge >= 0.3 is 0 Å². The normalized spacial score (nSPS) is 13.6. The summed E-state index contributed by atoms with van der Waals surface area (Å²) in [5.41, 5.74) is 1.01. The molecule has 0 spiro atoms. The van der Waals surface area contributed by atoms with Crippen molar-refractivity contribution in [1.82, 2.24) is 10.6 Å². The van der Waals surface area contributed by atoms with Crippen LogP contribution in [0.5, 0.6) is 11.5 Å². The number of unbranched alkanes of at least 4 members (excludes halogenated alkanes) is 1. The first kappa shape index (κ1) is 23.5. The van der Waals surface area contributed by atoms with Crippen molar-refractivity contribution in [1.29, 1.82) is 0 Å². The number of benzene rings is 1. The molecule has 0 unspecified atom stereocenters. The molecule has 148 valence electrons. The summed E-state index contributed by atoms with van der Waals surface area (Å²) in [4.78, 5) is 4.65. The van der Waals surface area contributed by atoms with Gasteiger partial charge in [0.2, 0.25) is 0 Å². The predicted octanol–water partition coefficient (Wildman–Crippen LogP) is 4.32. The van der Waals surface area contributed by atoms with Crippen molar-refractivity contribution < 1.29 is 9.47 Å². The van der Waals surface area contributed by atoms with Crippen molar-refractivity contribution in [3.8, 4) is 11.5 Å². The summed E-state index contributed by atoms with van der Waals surface area (Å²) in [6.45, 7) is 5.64. The number of rotatable bonds is 8. The Labute approximate surface area is 183 Å². The molecule has 26 heavy (non-hydrogen) atoms. The lowest BCUT2D eigenvalue weighted by atomic mass is 10.2. The third-order valence-electron chi connectivity index (χ3n) is 3.69. The van der Waals surface area contributed by atoms with E-state index in [2.05, 4.69) is 28.8 Å². The second-order valence-electron chi connectivity index (χ2n) is 5.78. The number of thioether (sulfide) groups is 1. The van der Waals surface area contributed by atoms with Crippen LogP contribution in [0.3, 0.4) is 0 Å². The fraction of sp³-hybridized carbons (Fsp3) is 0.611. The van der Waals surface area contributed by atoms with E-state index in [4.69, 9.17) is 21.1 Å². The third kappa shape index (κ3) is 8.00. The predicted molar refractivity (Wildman–Crippen MR) is 123 cm³/mol. The highest BCUT2D eigenvalue weighted by atomic mass is 127. The Balaban J connectivity index is 0.00000338. The Kier molecular flexibility index (Phi) is 12.3. The van der Waals surface area contributed by atoms with Gasteiger partial charge in [0.15, 0.2) is 17.5 Å². The topological polar surface area (TPSA) is 54.9 Å². The molecule has 1 aromatic carbocycles. The Bertz CT molecular complexity index is 576. The number of hydrogen-bond acceptors (Lipinski definition) is 4. The lowest BCUT2D eigenvalue weighted by Gasteiger charge is -2.13. The first-order chi connectivity index (χ1) is 12.2. The third-order valence-corrected chi connectivity index (χ3v) is 4.67. The van der Waals surface area contributed by atoms with Crippen LogP contribution in [-0.4, -0.2) is 44.3 Å². The van der Waals surface area contributed by atoms with Crippen LogP contribution in [0.4, 0.5) is 0 Å². The lowest BCUT2D eigenvalue weighted by molar-refractivity contribution is 0.297. The van der Waals surface area contributed by atoms with Gasteiger partial charge in [-0.3, -0.25) is 0 Å². The highest BCUT2D eigenvalue weighted by Crippen LogP contribution is 2.38. The van der Waals surface area contributed by atoms with Crippen LogP contribution in [0.15, 0.2) is 17.1 Å². The number of guanidine groups is 1. The standard InChI is InChI=1S/C18H28ClN3O2S.HI/c1-3-20-18(21-7-4-5-10-25-2)22-13-14-11-15(19)17-16(12-14)23-8-6-9-24-17;/h11-12H,3-10,13H2,1-2H3,(H2,20,21,22);1H. The maximum absolute atomic E-state index is 6.34.